The second-order valence-corrected chi connectivity index (χ2v) is 9.06. The van der Waals surface area contributed by atoms with Crippen molar-refractivity contribution in [2.75, 3.05) is 30.3 Å². The number of benzene rings is 1. The molecule has 9 heteroatoms. The topological polar surface area (TPSA) is 106 Å². The van der Waals surface area contributed by atoms with E-state index in [9.17, 15) is 0 Å². The van der Waals surface area contributed by atoms with E-state index in [0.717, 1.165) is 49.1 Å². The molecule has 0 spiro atoms. The largest absolute Gasteiger partial charge is 0.351 e. The molecule has 2 fully saturated rings. The van der Waals surface area contributed by atoms with Crippen LogP contribution in [0.2, 0.25) is 5.02 Å². The molecule has 1 aliphatic carbocycles. The highest BCUT2D eigenvalue weighted by Gasteiger charge is 2.40. The predicted molar refractivity (Wildman–Crippen MR) is 121 cm³/mol. The van der Waals surface area contributed by atoms with Crippen molar-refractivity contribution in [3.05, 3.63) is 35.0 Å². The van der Waals surface area contributed by atoms with Gasteiger partial charge in [0.2, 0.25) is 5.95 Å². The summed E-state index contributed by atoms with van der Waals surface area (Å²) >= 11 is 6.23. The van der Waals surface area contributed by atoms with Crippen molar-refractivity contribution in [3.8, 4) is 6.07 Å². The number of rotatable bonds is 6. The Morgan fingerprint density at radius 2 is 2.03 bits per heavy atom. The highest BCUT2D eigenvalue weighted by Crippen LogP contribution is 2.39. The van der Waals surface area contributed by atoms with Crippen molar-refractivity contribution in [2.45, 2.75) is 32.2 Å². The molecule has 3 aromatic rings. The number of aromatic amines is 1. The second-order valence-electron chi connectivity index (χ2n) is 8.62. The monoisotopic (exact) mass is 436 g/mol. The molecule has 3 N–H and O–H groups in total. The Kier molecular flexibility index (Phi) is 5.38. The van der Waals surface area contributed by atoms with Crippen molar-refractivity contribution in [2.24, 2.45) is 11.8 Å². The van der Waals surface area contributed by atoms with Crippen molar-refractivity contribution < 1.29 is 0 Å². The minimum absolute atomic E-state index is 0.352. The number of aromatic nitrogens is 4. The van der Waals surface area contributed by atoms with Gasteiger partial charge in [0, 0.05) is 54.3 Å². The number of nitrogens with zero attached hydrogens (tertiary/aromatic N) is 5. The molecule has 0 amide bonds. The lowest BCUT2D eigenvalue weighted by molar-refractivity contribution is 0.315. The molecule has 3 heterocycles. The fourth-order valence-electron chi connectivity index (χ4n) is 4.95. The molecule has 160 valence electrons. The van der Waals surface area contributed by atoms with Gasteiger partial charge in [-0.25, -0.2) is 4.98 Å². The number of aryl methyl sites for hydroxylation is 1. The molecule has 0 bridgehead atoms. The van der Waals surface area contributed by atoms with Crippen LogP contribution < -0.4 is 10.6 Å². The van der Waals surface area contributed by atoms with Gasteiger partial charge in [0.05, 0.1) is 11.6 Å². The molecule has 2 aromatic heterocycles. The van der Waals surface area contributed by atoms with Crippen LogP contribution >= 0.6 is 11.6 Å². The first-order valence-electron chi connectivity index (χ1n) is 10.7. The van der Waals surface area contributed by atoms with Crippen molar-refractivity contribution in [1.82, 2.24) is 25.1 Å². The van der Waals surface area contributed by atoms with Crippen molar-refractivity contribution in [1.29, 1.82) is 5.26 Å². The highest BCUT2D eigenvalue weighted by molar-refractivity contribution is 6.31. The molecule has 31 heavy (non-hydrogen) atoms. The Hall–Kier alpha value is -2.89. The summed E-state index contributed by atoms with van der Waals surface area (Å²) in [5.74, 6) is 3.38. The third-order valence-corrected chi connectivity index (χ3v) is 6.55. The summed E-state index contributed by atoms with van der Waals surface area (Å²) in [5.41, 5.74) is 1.77. The zero-order valence-corrected chi connectivity index (χ0v) is 18.2. The number of fused-ring (bicyclic) bond motifs is 2. The number of hydrogen-bond donors (Lipinski definition) is 3. The van der Waals surface area contributed by atoms with Gasteiger partial charge in [0.1, 0.15) is 5.82 Å². The predicted octanol–water partition coefficient (Wildman–Crippen LogP) is 4.09. The number of nitriles is 1. The summed E-state index contributed by atoms with van der Waals surface area (Å²) in [4.78, 5) is 11.9. The van der Waals surface area contributed by atoms with E-state index >= 15 is 0 Å². The quantitative estimate of drug-likeness (QED) is 0.534. The van der Waals surface area contributed by atoms with E-state index in [1.807, 2.05) is 31.2 Å². The van der Waals surface area contributed by atoms with E-state index in [0.29, 0.717) is 46.9 Å². The van der Waals surface area contributed by atoms with Crippen LogP contribution in [0.3, 0.4) is 0 Å². The second kappa shape index (κ2) is 8.33. The first-order valence-corrected chi connectivity index (χ1v) is 11.1. The molecule has 5 rings (SSSR count). The Labute approximate surface area is 186 Å². The summed E-state index contributed by atoms with van der Waals surface area (Å²) < 4.78 is 0. The summed E-state index contributed by atoms with van der Waals surface area (Å²) in [5, 5.41) is 24.5. The molecule has 0 radical (unpaired) electrons. The van der Waals surface area contributed by atoms with Gasteiger partial charge in [-0.15, -0.1) is 0 Å². The van der Waals surface area contributed by atoms with Gasteiger partial charge in [0.25, 0.3) is 0 Å². The molecular formula is C22H25ClN8. The number of likely N-dealkylation sites (tertiary alicyclic amines) is 1. The van der Waals surface area contributed by atoms with Crippen LogP contribution in [0.5, 0.6) is 0 Å². The molecule has 1 aromatic carbocycles. The van der Waals surface area contributed by atoms with Gasteiger partial charge in [-0.1, -0.05) is 11.6 Å². The summed E-state index contributed by atoms with van der Waals surface area (Å²) in [6.07, 6.45) is 2.82. The van der Waals surface area contributed by atoms with Crippen LogP contribution in [0.25, 0.3) is 10.9 Å². The summed E-state index contributed by atoms with van der Waals surface area (Å²) in [6, 6.07) is 10.2. The maximum absolute atomic E-state index is 8.83. The number of H-pyrrole nitrogens is 1. The van der Waals surface area contributed by atoms with Crippen molar-refractivity contribution in [3.63, 3.8) is 0 Å². The lowest BCUT2D eigenvalue weighted by atomic mass is 10.0. The lowest BCUT2D eigenvalue weighted by Gasteiger charge is -2.19. The molecular weight excluding hydrogens is 412 g/mol. The van der Waals surface area contributed by atoms with E-state index < -0.39 is 0 Å². The van der Waals surface area contributed by atoms with E-state index in [1.165, 1.54) is 0 Å². The third-order valence-electron chi connectivity index (χ3n) is 6.31. The maximum atomic E-state index is 8.83. The van der Waals surface area contributed by atoms with Crippen LogP contribution in [0.1, 0.15) is 25.0 Å². The minimum atomic E-state index is 0.352. The molecule has 0 unspecified atom stereocenters. The lowest BCUT2D eigenvalue weighted by Crippen LogP contribution is -2.26. The third kappa shape index (κ3) is 4.29. The molecule has 8 nitrogen and oxygen atoms in total. The van der Waals surface area contributed by atoms with E-state index in [4.69, 9.17) is 26.8 Å². The SMILES string of the molecule is Cc1cc(Nc2nc(N[C@@H]3C[C@@H]4CN(CCC#N)C[C@@H]4C3)nc3cc(Cl)ccc23)n[nH]1. The number of halogens is 1. The molecule has 3 atom stereocenters. The van der Waals surface area contributed by atoms with Gasteiger partial charge in [-0.3, -0.25) is 5.10 Å². The van der Waals surface area contributed by atoms with Crippen molar-refractivity contribution >= 4 is 40.1 Å². The van der Waals surface area contributed by atoms with Gasteiger partial charge < -0.3 is 15.5 Å². The molecule has 2 aliphatic rings. The molecule has 1 saturated heterocycles. The van der Waals surface area contributed by atoms with Crippen LogP contribution in [0, 0.1) is 30.1 Å². The Bertz CT molecular complexity index is 1120. The number of hydrogen-bond acceptors (Lipinski definition) is 7. The normalized spacial score (nSPS) is 23.1. The Morgan fingerprint density at radius 3 is 2.74 bits per heavy atom. The van der Waals surface area contributed by atoms with Gasteiger partial charge in [-0.2, -0.15) is 15.3 Å². The zero-order chi connectivity index (χ0) is 21.4. The van der Waals surface area contributed by atoms with E-state index in [-0.39, 0.29) is 0 Å². The number of nitrogens with one attached hydrogen (secondary N) is 3. The average Bonchev–Trinajstić information content (AvgIpc) is 3.41. The van der Waals surface area contributed by atoms with Gasteiger partial charge in [0.15, 0.2) is 5.82 Å². The van der Waals surface area contributed by atoms with Gasteiger partial charge >= 0.3 is 0 Å². The Morgan fingerprint density at radius 1 is 1.23 bits per heavy atom. The molecule has 1 saturated carbocycles. The maximum Gasteiger partial charge on any atom is 0.225 e. The zero-order valence-electron chi connectivity index (χ0n) is 17.4. The fraction of sp³-hybridized carbons (Fsp3) is 0.455. The first-order chi connectivity index (χ1) is 15.1. The van der Waals surface area contributed by atoms with E-state index in [1.54, 1.807) is 0 Å². The average molecular weight is 437 g/mol. The van der Waals surface area contributed by atoms with Crippen LogP contribution in [0.15, 0.2) is 24.3 Å². The minimum Gasteiger partial charge on any atom is -0.351 e. The van der Waals surface area contributed by atoms with E-state index in [2.05, 4.69) is 31.8 Å². The van der Waals surface area contributed by atoms with Gasteiger partial charge in [-0.05, 0) is 49.8 Å². The fourth-order valence-corrected chi connectivity index (χ4v) is 5.12. The van der Waals surface area contributed by atoms with Crippen LogP contribution in [-0.4, -0.2) is 50.7 Å². The summed E-state index contributed by atoms with van der Waals surface area (Å²) in [6.45, 7) is 5.02. The molecule has 1 aliphatic heterocycles. The highest BCUT2D eigenvalue weighted by atomic mass is 35.5. The smallest absolute Gasteiger partial charge is 0.225 e. The number of anilines is 3. The standard InChI is InChI=1S/C22H25ClN8/c1-13-7-20(30-29-13)27-21-18-4-3-16(23)10-19(18)26-22(28-21)25-17-8-14-11-31(6-2-5-24)12-15(14)9-17/h3-4,7,10,14-15,17H,2,6,8-9,11-12H2,1H3,(H3,25,26,27,28,29,30)/t14-,15+,17-. The van der Waals surface area contributed by atoms with Crippen LogP contribution in [0.4, 0.5) is 17.6 Å². The first kappa shape index (κ1) is 20.0. The Balaban J connectivity index is 1.34. The van der Waals surface area contributed by atoms with Crippen LogP contribution in [-0.2, 0) is 0 Å². The summed E-state index contributed by atoms with van der Waals surface area (Å²) in [7, 11) is 0.